The fourth-order valence-corrected chi connectivity index (χ4v) is 2.57. The highest BCUT2D eigenvalue weighted by molar-refractivity contribution is 4.87. The van der Waals surface area contributed by atoms with Gasteiger partial charge in [-0.15, -0.1) is 0 Å². The van der Waals surface area contributed by atoms with Crippen LogP contribution >= 0.6 is 0 Å². The third-order valence-electron chi connectivity index (χ3n) is 3.79. The molecule has 1 N–H and O–H groups in total. The molecule has 1 aliphatic carbocycles. The molecule has 2 aliphatic rings. The quantitative estimate of drug-likeness (QED) is 0.738. The smallest absolute Gasteiger partial charge is 0.0829 e. The number of aliphatic hydroxyl groups is 1. The molecule has 1 heterocycles. The zero-order valence-corrected chi connectivity index (χ0v) is 11.1. The molecule has 1 unspecified atom stereocenters. The molecule has 1 saturated heterocycles. The second kappa shape index (κ2) is 6.14. The molecule has 4 heteroatoms. The van der Waals surface area contributed by atoms with Crippen LogP contribution in [0.1, 0.15) is 26.7 Å². The van der Waals surface area contributed by atoms with Crippen molar-refractivity contribution in [1.29, 1.82) is 0 Å². The Hall–Kier alpha value is -0.160. The molecule has 1 atom stereocenters. The Morgan fingerprint density at radius 2 is 2.18 bits per heavy atom. The Labute approximate surface area is 105 Å². The van der Waals surface area contributed by atoms with Crippen molar-refractivity contribution in [2.45, 2.75) is 44.9 Å². The Morgan fingerprint density at radius 3 is 2.76 bits per heavy atom. The van der Waals surface area contributed by atoms with E-state index < -0.39 is 0 Å². The summed E-state index contributed by atoms with van der Waals surface area (Å²) in [6, 6.07) is 1.31. The molecule has 0 radical (unpaired) electrons. The zero-order valence-electron chi connectivity index (χ0n) is 11.1. The third kappa shape index (κ3) is 3.91. The topological polar surface area (TPSA) is 35.9 Å². The Morgan fingerprint density at radius 1 is 1.41 bits per heavy atom. The van der Waals surface area contributed by atoms with Crippen molar-refractivity contribution < 1.29 is 9.84 Å². The van der Waals surface area contributed by atoms with E-state index in [1.54, 1.807) is 0 Å². The Bertz CT molecular complexity index is 231. The standard InChI is InChI=1S/C13H26N2O2/c1-11(2)14-6-8-17-13(9-14)10-15(5-7-16)12-3-4-12/h11-13,16H,3-10H2,1-2H3. The average Bonchev–Trinajstić information content (AvgIpc) is 3.13. The number of rotatable bonds is 6. The lowest BCUT2D eigenvalue weighted by Crippen LogP contribution is -2.50. The van der Waals surface area contributed by atoms with Crippen LogP contribution in [0.25, 0.3) is 0 Å². The maximum absolute atomic E-state index is 9.09. The summed E-state index contributed by atoms with van der Waals surface area (Å²) >= 11 is 0. The average molecular weight is 242 g/mol. The second-order valence-corrected chi connectivity index (χ2v) is 5.53. The van der Waals surface area contributed by atoms with E-state index in [-0.39, 0.29) is 6.61 Å². The largest absolute Gasteiger partial charge is 0.395 e. The molecular formula is C13H26N2O2. The molecule has 17 heavy (non-hydrogen) atoms. The number of morpholine rings is 1. The van der Waals surface area contributed by atoms with E-state index in [1.165, 1.54) is 12.8 Å². The molecule has 2 fully saturated rings. The maximum Gasteiger partial charge on any atom is 0.0829 e. The summed E-state index contributed by atoms with van der Waals surface area (Å²) in [5.41, 5.74) is 0. The lowest BCUT2D eigenvalue weighted by Gasteiger charge is -2.37. The Kier molecular flexibility index (Phi) is 4.79. The van der Waals surface area contributed by atoms with Gasteiger partial charge in [-0.05, 0) is 26.7 Å². The SMILES string of the molecule is CC(C)N1CCOC(CN(CCO)C2CC2)C1. The predicted molar refractivity (Wildman–Crippen MR) is 68.1 cm³/mol. The normalized spacial score (nSPS) is 27.0. The summed E-state index contributed by atoms with van der Waals surface area (Å²) in [6.45, 7) is 9.46. The first-order valence-corrected chi connectivity index (χ1v) is 6.91. The van der Waals surface area contributed by atoms with Crippen molar-refractivity contribution in [1.82, 2.24) is 9.80 Å². The van der Waals surface area contributed by atoms with E-state index >= 15 is 0 Å². The molecule has 0 aromatic rings. The van der Waals surface area contributed by atoms with Gasteiger partial charge in [-0.3, -0.25) is 9.80 Å². The molecule has 0 aromatic carbocycles. The van der Waals surface area contributed by atoms with Gasteiger partial charge in [0.2, 0.25) is 0 Å². The van der Waals surface area contributed by atoms with Crippen LogP contribution in [0.4, 0.5) is 0 Å². The fraction of sp³-hybridized carbons (Fsp3) is 1.00. The first-order chi connectivity index (χ1) is 8.20. The minimum Gasteiger partial charge on any atom is -0.395 e. The number of ether oxygens (including phenoxy) is 1. The molecule has 0 bridgehead atoms. The third-order valence-corrected chi connectivity index (χ3v) is 3.79. The van der Waals surface area contributed by atoms with E-state index in [1.807, 2.05) is 0 Å². The van der Waals surface area contributed by atoms with Gasteiger partial charge in [-0.25, -0.2) is 0 Å². The van der Waals surface area contributed by atoms with Gasteiger partial charge in [-0.1, -0.05) is 0 Å². The van der Waals surface area contributed by atoms with Crippen LogP contribution in [0.15, 0.2) is 0 Å². The number of hydrogen-bond acceptors (Lipinski definition) is 4. The van der Waals surface area contributed by atoms with Crippen LogP contribution in [-0.2, 0) is 4.74 Å². The highest BCUT2D eigenvalue weighted by Crippen LogP contribution is 2.27. The van der Waals surface area contributed by atoms with Crippen LogP contribution in [0, 0.1) is 0 Å². The van der Waals surface area contributed by atoms with Gasteiger partial charge in [-0.2, -0.15) is 0 Å². The van der Waals surface area contributed by atoms with Crippen molar-refractivity contribution >= 4 is 0 Å². The summed E-state index contributed by atoms with van der Waals surface area (Å²) < 4.78 is 5.85. The highest BCUT2D eigenvalue weighted by Gasteiger charge is 2.32. The van der Waals surface area contributed by atoms with Gasteiger partial charge in [0.15, 0.2) is 0 Å². The lowest BCUT2D eigenvalue weighted by atomic mass is 10.2. The first kappa shape index (κ1) is 13.3. The summed E-state index contributed by atoms with van der Waals surface area (Å²) in [4.78, 5) is 4.88. The van der Waals surface area contributed by atoms with Crippen LogP contribution in [0.3, 0.4) is 0 Å². The number of aliphatic hydroxyl groups excluding tert-OH is 1. The minimum absolute atomic E-state index is 0.261. The first-order valence-electron chi connectivity index (χ1n) is 6.91. The van der Waals surface area contributed by atoms with Crippen LogP contribution in [-0.4, -0.2) is 72.5 Å². The molecule has 4 nitrogen and oxygen atoms in total. The predicted octanol–water partition coefficient (Wildman–Crippen LogP) is 0.552. The van der Waals surface area contributed by atoms with Gasteiger partial charge < -0.3 is 9.84 Å². The lowest BCUT2D eigenvalue weighted by molar-refractivity contribution is -0.0542. The van der Waals surface area contributed by atoms with E-state index in [4.69, 9.17) is 9.84 Å². The van der Waals surface area contributed by atoms with Gasteiger partial charge in [0.1, 0.15) is 0 Å². The second-order valence-electron chi connectivity index (χ2n) is 5.53. The van der Waals surface area contributed by atoms with Crippen molar-refractivity contribution in [3.63, 3.8) is 0 Å². The van der Waals surface area contributed by atoms with Gasteiger partial charge in [0.05, 0.1) is 19.3 Å². The monoisotopic (exact) mass is 242 g/mol. The maximum atomic E-state index is 9.09. The molecule has 0 spiro atoms. The van der Waals surface area contributed by atoms with Gasteiger partial charge >= 0.3 is 0 Å². The van der Waals surface area contributed by atoms with Crippen molar-refractivity contribution in [3.05, 3.63) is 0 Å². The molecule has 1 aliphatic heterocycles. The van der Waals surface area contributed by atoms with Crippen molar-refractivity contribution in [3.8, 4) is 0 Å². The molecular weight excluding hydrogens is 216 g/mol. The summed E-state index contributed by atoms with van der Waals surface area (Å²) in [6.07, 6.45) is 2.90. The molecule has 1 saturated carbocycles. The van der Waals surface area contributed by atoms with Gasteiger partial charge in [0.25, 0.3) is 0 Å². The summed E-state index contributed by atoms with van der Waals surface area (Å²) in [7, 11) is 0. The van der Waals surface area contributed by atoms with Gasteiger partial charge in [0, 0.05) is 38.3 Å². The number of nitrogens with zero attached hydrogens (tertiary/aromatic N) is 2. The van der Waals surface area contributed by atoms with Crippen LogP contribution in [0.5, 0.6) is 0 Å². The molecule has 2 rings (SSSR count). The van der Waals surface area contributed by atoms with Crippen LogP contribution in [0.2, 0.25) is 0 Å². The van der Waals surface area contributed by atoms with E-state index in [0.717, 1.165) is 32.8 Å². The fourth-order valence-electron chi connectivity index (χ4n) is 2.57. The minimum atomic E-state index is 0.261. The summed E-state index contributed by atoms with van der Waals surface area (Å²) in [5, 5.41) is 9.09. The Balaban J connectivity index is 1.80. The zero-order chi connectivity index (χ0) is 12.3. The molecule has 0 aromatic heterocycles. The molecule has 100 valence electrons. The van der Waals surface area contributed by atoms with Crippen LogP contribution < -0.4 is 0 Å². The molecule has 0 amide bonds. The van der Waals surface area contributed by atoms with Crippen molar-refractivity contribution in [2.24, 2.45) is 0 Å². The number of hydrogen-bond donors (Lipinski definition) is 1. The summed E-state index contributed by atoms with van der Waals surface area (Å²) in [5.74, 6) is 0. The van der Waals surface area contributed by atoms with E-state index in [9.17, 15) is 0 Å². The van der Waals surface area contributed by atoms with E-state index in [0.29, 0.717) is 18.2 Å². The van der Waals surface area contributed by atoms with E-state index in [2.05, 4.69) is 23.6 Å². The highest BCUT2D eigenvalue weighted by atomic mass is 16.5. The van der Waals surface area contributed by atoms with Crippen molar-refractivity contribution in [2.75, 3.05) is 39.4 Å².